The average Bonchev–Trinajstić information content (AvgIpc) is 2.81. The molecule has 0 unspecified atom stereocenters. The van der Waals surface area contributed by atoms with Crippen molar-refractivity contribution in [2.75, 3.05) is 7.11 Å². The second-order valence-corrected chi connectivity index (χ2v) is 7.46. The molecule has 0 saturated carbocycles. The van der Waals surface area contributed by atoms with E-state index in [-0.39, 0.29) is 16.1 Å². The van der Waals surface area contributed by atoms with E-state index >= 15 is 0 Å². The molecular weight excluding hydrogens is 517 g/mol. The number of nitro benzene ring substituents is 1. The summed E-state index contributed by atoms with van der Waals surface area (Å²) in [7, 11) is 1.97. The third-order valence-corrected chi connectivity index (χ3v) is 5.10. The maximum absolute atomic E-state index is 13.0. The van der Waals surface area contributed by atoms with Crippen LogP contribution in [0.2, 0.25) is 5.02 Å². The smallest absolute Gasteiger partial charge is 0.416 e. The molecule has 3 aromatic rings. The zero-order chi connectivity index (χ0) is 26.9. The SMILES string of the molecule is COC(=O)Cn1c(=O)n(C)c(=O)n(-c2cc(Oc3ccc(C(F)(F)F)cc3Cl)ccc2[N+](=O)[O-])c1=O. The Hall–Kier alpha value is -4.40. The number of nitro groups is 1. The number of aromatic nitrogens is 3. The molecule has 0 fully saturated rings. The van der Waals surface area contributed by atoms with Crippen molar-refractivity contribution in [2.45, 2.75) is 12.7 Å². The van der Waals surface area contributed by atoms with Crippen LogP contribution in [-0.2, 0) is 29.3 Å². The number of hydrogen-bond acceptors (Lipinski definition) is 8. The Morgan fingerprint density at radius 2 is 1.75 bits per heavy atom. The van der Waals surface area contributed by atoms with Gasteiger partial charge in [-0.2, -0.15) is 13.2 Å². The van der Waals surface area contributed by atoms with Gasteiger partial charge in [-0.1, -0.05) is 11.6 Å². The van der Waals surface area contributed by atoms with Crippen molar-refractivity contribution in [2.24, 2.45) is 7.05 Å². The Labute approximate surface area is 202 Å². The lowest BCUT2D eigenvalue weighted by Crippen LogP contribution is -2.53. The van der Waals surface area contributed by atoms with E-state index in [9.17, 15) is 42.5 Å². The highest BCUT2D eigenvalue weighted by atomic mass is 35.5. The minimum atomic E-state index is -4.67. The Morgan fingerprint density at radius 1 is 1.08 bits per heavy atom. The zero-order valence-electron chi connectivity index (χ0n) is 18.2. The fourth-order valence-electron chi connectivity index (χ4n) is 3.02. The summed E-state index contributed by atoms with van der Waals surface area (Å²) >= 11 is 5.87. The first-order chi connectivity index (χ1) is 16.8. The number of ether oxygens (including phenoxy) is 2. The van der Waals surface area contributed by atoms with E-state index in [1.54, 1.807) is 0 Å². The van der Waals surface area contributed by atoms with Crippen molar-refractivity contribution >= 4 is 23.3 Å². The van der Waals surface area contributed by atoms with Crippen LogP contribution in [0.15, 0.2) is 50.8 Å². The molecule has 190 valence electrons. The third kappa shape index (κ3) is 5.00. The van der Waals surface area contributed by atoms with Crippen molar-refractivity contribution in [3.63, 3.8) is 0 Å². The number of carbonyl (C=O) groups excluding carboxylic acids is 1. The van der Waals surface area contributed by atoms with Gasteiger partial charge < -0.3 is 9.47 Å². The quantitative estimate of drug-likeness (QED) is 0.268. The van der Waals surface area contributed by atoms with Crippen molar-refractivity contribution in [3.05, 3.63) is 88.6 Å². The highest BCUT2D eigenvalue weighted by Crippen LogP contribution is 2.37. The summed E-state index contributed by atoms with van der Waals surface area (Å²) in [5.74, 6) is -1.53. The summed E-state index contributed by atoms with van der Waals surface area (Å²) < 4.78 is 49.5. The molecule has 0 spiro atoms. The third-order valence-electron chi connectivity index (χ3n) is 4.80. The lowest BCUT2D eigenvalue weighted by molar-refractivity contribution is -0.384. The largest absolute Gasteiger partial charge is 0.468 e. The number of hydrogen-bond donors (Lipinski definition) is 0. The van der Waals surface area contributed by atoms with Gasteiger partial charge in [0.25, 0.3) is 5.69 Å². The van der Waals surface area contributed by atoms with Crippen LogP contribution in [0.4, 0.5) is 18.9 Å². The maximum atomic E-state index is 13.0. The molecule has 0 aliphatic heterocycles. The molecule has 0 bridgehead atoms. The molecule has 0 amide bonds. The number of halogens is 4. The van der Waals surface area contributed by atoms with Crippen LogP contribution >= 0.6 is 11.6 Å². The molecule has 2 aromatic carbocycles. The van der Waals surface area contributed by atoms with Gasteiger partial charge >= 0.3 is 29.2 Å². The van der Waals surface area contributed by atoms with E-state index in [1.165, 1.54) is 0 Å². The first kappa shape index (κ1) is 26.2. The minimum absolute atomic E-state index is 0.253. The summed E-state index contributed by atoms with van der Waals surface area (Å²) in [6.07, 6.45) is -4.67. The van der Waals surface area contributed by atoms with Gasteiger partial charge in [0.1, 0.15) is 23.7 Å². The summed E-state index contributed by atoms with van der Waals surface area (Å²) in [4.78, 5) is 60.4. The molecule has 12 nitrogen and oxygen atoms in total. The lowest BCUT2D eigenvalue weighted by Gasteiger charge is -2.14. The van der Waals surface area contributed by atoms with E-state index in [2.05, 4.69) is 4.74 Å². The molecular formula is C20H14ClF3N4O8. The van der Waals surface area contributed by atoms with Crippen LogP contribution < -0.4 is 21.8 Å². The molecule has 0 atom stereocenters. The summed E-state index contributed by atoms with van der Waals surface area (Å²) in [6, 6.07) is 5.00. The van der Waals surface area contributed by atoms with E-state index in [4.69, 9.17) is 16.3 Å². The number of rotatable bonds is 6. The van der Waals surface area contributed by atoms with E-state index < -0.39 is 62.6 Å². The van der Waals surface area contributed by atoms with Crippen LogP contribution in [-0.4, -0.2) is 31.7 Å². The molecule has 1 heterocycles. The molecule has 36 heavy (non-hydrogen) atoms. The highest BCUT2D eigenvalue weighted by molar-refractivity contribution is 6.32. The van der Waals surface area contributed by atoms with Gasteiger partial charge in [0, 0.05) is 19.2 Å². The zero-order valence-corrected chi connectivity index (χ0v) is 19.0. The highest BCUT2D eigenvalue weighted by Gasteiger charge is 2.31. The average molecular weight is 531 g/mol. The fourth-order valence-corrected chi connectivity index (χ4v) is 3.24. The number of alkyl halides is 3. The van der Waals surface area contributed by atoms with Gasteiger partial charge in [-0.25, -0.2) is 28.1 Å². The summed E-state index contributed by atoms with van der Waals surface area (Å²) in [5.41, 5.74) is -6.31. The Bertz CT molecular complexity index is 1560. The maximum Gasteiger partial charge on any atom is 0.416 e. The molecule has 1 aromatic heterocycles. The molecule has 0 aliphatic carbocycles. The van der Waals surface area contributed by atoms with Crippen LogP contribution in [0.5, 0.6) is 11.5 Å². The van der Waals surface area contributed by atoms with Gasteiger partial charge in [-0.3, -0.25) is 14.9 Å². The van der Waals surface area contributed by atoms with Gasteiger partial charge in [-0.15, -0.1) is 0 Å². The van der Waals surface area contributed by atoms with Gasteiger partial charge in [0.15, 0.2) is 0 Å². The number of carbonyl (C=O) groups is 1. The molecule has 0 aliphatic rings. The molecule has 3 rings (SSSR count). The van der Waals surface area contributed by atoms with Crippen molar-refractivity contribution in [3.8, 4) is 17.2 Å². The predicted octanol–water partition coefficient (Wildman–Crippen LogP) is 2.24. The first-order valence-electron chi connectivity index (χ1n) is 9.59. The van der Waals surface area contributed by atoms with Crippen LogP contribution in [0.1, 0.15) is 5.56 Å². The topological polar surface area (TPSA) is 145 Å². The Kier molecular flexibility index (Phi) is 7.05. The van der Waals surface area contributed by atoms with Crippen molar-refractivity contribution in [1.29, 1.82) is 0 Å². The number of benzene rings is 2. The fraction of sp³-hybridized carbons (Fsp3) is 0.200. The number of nitrogens with zero attached hydrogens (tertiary/aromatic N) is 4. The number of methoxy groups -OCH3 is 1. The predicted molar refractivity (Wildman–Crippen MR) is 117 cm³/mol. The molecule has 0 radical (unpaired) electrons. The Balaban J connectivity index is 2.21. The second-order valence-electron chi connectivity index (χ2n) is 7.06. The summed E-state index contributed by atoms with van der Waals surface area (Å²) in [5, 5.41) is 11.2. The van der Waals surface area contributed by atoms with Crippen LogP contribution in [0, 0.1) is 10.1 Å². The molecule has 0 N–H and O–H groups in total. The Morgan fingerprint density at radius 3 is 2.31 bits per heavy atom. The van der Waals surface area contributed by atoms with E-state index in [0.717, 1.165) is 38.4 Å². The minimum Gasteiger partial charge on any atom is -0.468 e. The standard InChI is InChI=1S/C20H14ClF3N4O8/c1-25-17(30)26(9-16(29)35-2)19(32)27(18(25)31)14-8-11(4-5-13(14)28(33)34)36-15-6-3-10(7-12(15)21)20(22,23)24/h3-8H,9H2,1-2H3. The van der Waals surface area contributed by atoms with Gasteiger partial charge in [0.05, 0.1) is 22.6 Å². The van der Waals surface area contributed by atoms with Crippen molar-refractivity contribution in [1.82, 2.24) is 13.7 Å². The first-order valence-corrected chi connectivity index (χ1v) is 9.97. The molecule has 0 saturated heterocycles. The molecule has 16 heteroatoms. The monoisotopic (exact) mass is 530 g/mol. The van der Waals surface area contributed by atoms with E-state index in [0.29, 0.717) is 21.3 Å². The van der Waals surface area contributed by atoms with Gasteiger partial charge in [0.2, 0.25) is 0 Å². The van der Waals surface area contributed by atoms with Gasteiger partial charge in [-0.05, 0) is 24.3 Å². The second kappa shape index (κ2) is 9.69. The normalized spacial score (nSPS) is 11.3. The van der Waals surface area contributed by atoms with Crippen LogP contribution in [0.3, 0.4) is 0 Å². The summed E-state index contributed by atoms with van der Waals surface area (Å²) in [6.45, 7) is -0.895. The lowest BCUT2D eigenvalue weighted by atomic mass is 10.2. The van der Waals surface area contributed by atoms with Crippen molar-refractivity contribution < 1.29 is 32.4 Å². The van der Waals surface area contributed by atoms with Crippen LogP contribution in [0.25, 0.3) is 5.69 Å². The number of esters is 1. The van der Waals surface area contributed by atoms with E-state index in [1.807, 2.05) is 0 Å².